The molecule has 6 nitrogen and oxygen atoms in total. The van der Waals surface area contributed by atoms with Gasteiger partial charge in [0.1, 0.15) is 6.61 Å². The third-order valence-electron chi connectivity index (χ3n) is 1.85. The van der Waals surface area contributed by atoms with Crippen molar-refractivity contribution in [3.05, 3.63) is 33.3 Å². The zero-order chi connectivity index (χ0) is 12.7. The lowest BCUT2D eigenvalue weighted by atomic mass is 10.3. The number of benzene rings is 1. The van der Waals surface area contributed by atoms with Crippen LogP contribution in [-0.2, 0) is 4.74 Å². The van der Waals surface area contributed by atoms with E-state index in [4.69, 9.17) is 26.2 Å². The van der Waals surface area contributed by atoms with E-state index in [1.807, 2.05) is 0 Å². The molecule has 0 aliphatic rings. The largest absolute Gasteiger partial charge is 0.483 e. The highest BCUT2D eigenvalue weighted by Crippen LogP contribution is 2.34. The molecule has 0 atom stereocenters. The minimum Gasteiger partial charge on any atom is -0.483 e. The summed E-state index contributed by atoms with van der Waals surface area (Å²) in [7, 11) is 0. The zero-order valence-electron chi connectivity index (χ0n) is 8.97. The number of aliphatic hydroxyl groups is 1. The smallest absolute Gasteiger partial charge is 0.312 e. The van der Waals surface area contributed by atoms with Gasteiger partial charge >= 0.3 is 5.69 Å². The van der Waals surface area contributed by atoms with Crippen molar-refractivity contribution < 1.29 is 19.5 Å². The van der Waals surface area contributed by atoms with E-state index in [1.54, 1.807) is 0 Å². The summed E-state index contributed by atoms with van der Waals surface area (Å²) in [6.07, 6.45) is 0. The molecule has 0 fully saturated rings. The Kier molecular flexibility index (Phi) is 5.68. The van der Waals surface area contributed by atoms with Crippen LogP contribution in [0.4, 0.5) is 5.69 Å². The molecule has 0 spiro atoms. The van der Waals surface area contributed by atoms with Crippen LogP contribution in [0.3, 0.4) is 0 Å². The maximum atomic E-state index is 10.7. The van der Waals surface area contributed by atoms with Gasteiger partial charge in [-0.05, 0) is 6.07 Å². The fraction of sp³-hybridized carbons (Fsp3) is 0.400. The van der Waals surface area contributed by atoms with E-state index >= 15 is 0 Å². The van der Waals surface area contributed by atoms with E-state index in [1.165, 1.54) is 18.2 Å². The Morgan fingerprint density at radius 2 is 2.12 bits per heavy atom. The van der Waals surface area contributed by atoms with Crippen LogP contribution in [0.2, 0.25) is 5.02 Å². The number of aliphatic hydroxyl groups excluding tert-OH is 1. The number of hydrogen-bond acceptors (Lipinski definition) is 5. The van der Waals surface area contributed by atoms with E-state index in [9.17, 15) is 10.1 Å². The van der Waals surface area contributed by atoms with Crippen LogP contribution in [-0.4, -0.2) is 36.5 Å². The second-order valence-corrected chi connectivity index (χ2v) is 3.44. The molecule has 1 aromatic rings. The third kappa shape index (κ3) is 4.18. The van der Waals surface area contributed by atoms with Gasteiger partial charge in [0.25, 0.3) is 0 Å². The lowest BCUT2D eigenvalue weighted by Crippen LogP contribution is -2.10. The van der Waals surface area contributed by atoms with Crippen LogP contribution < -0.4 is 4.74 Å². The van der Waals surface area contributed by atoms with E-state index in [2.05, 4.69) is 0 Å². The SMILES string of the molecule is O=[N+]([O-])c1cccc(Cl)c1OCCOCCO. The average Bonchev–Trinajstić information content (AvgIpc) is 2.30. The van der Waals surface area contributed by atoms with Gasteiger partial charge in [-0.1, -0.05) is 17.7 Å². The normalized spacial score (nSPS) is 10.2. The highest BCUT2D eigenvalue weighted by molar-refractivity contribution is 6.32. The standard InChI is InChI=1S/C10H12ClNO5/c11-8-2-1-3-9(12(14)15)10(8)17-7-6-16-5-4-13/h1-3,13H,4-7H2. The Labute approximate surface area is 103 Å². The molecule has 1 N–H and O–H groups in total. The molecule has 7 heteroatoms. The van der Waals surface area contributed by atoms with Gasteiger partial charge in [0.05, 0.1) is 29.8 Å². The molecule has 0 saturated carbocycles. The summed E-state index contributed by atoms with van der Waals surface area (Å²) < 4.78 is 10.2. The van der Waals surface area contributed by atoms with Gasteiger partial charge in [-0.15, -0.1) is 0 Å². The highest BCUT2D eigenvalue weighted by atomic mass is 35.5. The molecule has 0 bridgehead atoms. The second kappa shape index (κ2) is 7.05. The van der Waals surface area contributed by atoms with Crippen LogP contribution >= 0.6 is 11.6 Å². The van der Waals surface area contributed by atoms with Crippen LogP contribution in [0, 0.1) is 10.1 Å². The molecule has 0 aliphatic carbocycles. The van der Waals surface area contributed by atoms with Crippen LogP contribution in [0.15, 0.2) is 18.2 Å². The number of para-hydroxylation sites is 1. The molecule has 0 unspecified atom stereocenters. The van der Waals surface area contributed by atoms with Gasteiger partial charge in [0.2, 0.25) is 5.75 Å². The maximum absolute atomic E-state index is 10.7. The first kappa shape index (κ1) is 13.7. The zero-order valence-corrected chi connectivity index (χ0v) is 9.72. The first-order valence-electron chi connectivity index (χ1n) is 4.91. The Bertz CT molecular complexity index is 385. The first-order chi connectivity index (χ1) is 8.16. The molecule has 94 valence electrons. The van der Waals surface area contributed by atoms with Crippen molar-refractivity contribution >= 4 is 17.3 Å². The number of halogens is 1. The lowest BCUT2D eigenvalue weighted by Gasteiger charge is -2.08. The van der Waals surface area contributed by atoms with Crippen molar-refractivity contribution in [1.29, 1.82) is 0 Å². The molecule has 0 aliphatic heterocycles. The Morgan fingerprint density at radius 3 is 2.76 bits per heavy atom. The molecule has 0 saturated heterocycles. The van der Waals surface area contributed by atoms with E-state index in [-0.39, 0.29) is 42.9 Å². The lowest BCUT2D eigenvalue weighted by molar-refractivity contribution is -0.385. The van der Waals surface area contributed by atoms with E-state index in [0.29, 0.717) is 0 Å². The Balaban J connectivity index is 2.60. The number of nitro benzene ring substituents is 1. The van der Waals surface area contributed by atoms with Gasteiger partial charge in [-0.25, -0.2) is 0 Å². The summed E-state index contributed by atoms with van der Waals surface area (Å²) in [4.78, 5) is 10.2. The Hall–Kier alpha value is -1.37. The number of hydrogen-bond donors (Lipinski definition) is 1. The summed E-state index contributed by atoms with van der Waals surface area (Å²) in [5.41, 5.74) is -0.181. The molecule has 0 aromatic heterocycles. The Morgan fingerprint density at radius 1 is 1.35 bits per heavy atom. The molecular weight excluding hydrogens is 250 g/mol. The third-order valence-corrected chi connectivity index (χ3v) is 2.15. The fourth-order valence-electron chi connectivity index (χ4n) is 1.15. The topological polar surface area (TPSA) is 81.8 Å². The van der Waals surface area contributed by atoms with Crippen LogP contribution in [0.5, 0.6) is 5.75 Å². The summed E-state index contributed by atoms with van der Waals surface area (Å²) in [5.74, 6) is 0.0340. The monoisotopic (exact) mass is 261 g/mol. The average molecular weight is 262 g/mol. The van der Waals surface area contributed by atoms with Crippen molar-refractivity contribution in [1.82, 2.24) is 0 Å². The van der Waals surface area contributed by atoms with E-state index < -0.39 is 4.92 Å². The van der Waals surface area contributed by atoms with Gasteiger partial charge in [-0.2, -0.15) is 0 Å². The highest BCUT2D eigenvalue weighted by Gasteiger charge is 2.17. The van der Waals surface area contributed by atoms with Gasteiger partial charge < -0.3 is 14.6 Å². The van der Waals surface area contributed by atoms with Crippen molar-refractivity contribution in [3.8, 4) is 5.75 Å². The van der Waals surface area contributed by atoms with Crippen molar-refractivity contribution in [2.24, 2.45) is 0 Å². The van der Waals surface area contributed by atoms with Gasteiger partial charge in [0.15, 0.2) is 0 Å². The first-order valence-corrected chi connectivity index (χ1v) is 5.29. The molecule has 0 radical (unpaired) electrons. The predicted octanol–water partition coefficient (Wildman–Crippen LogP) is 1.64. The van der Waals surface area contributed by atoms with Crippen LogP contribution in [0.25, 0.3) is 0 Å². The summed E-state index contributed by atoms with van der Waals surface area (Å²) in [5, 5.41) is 19.4. The maximum Gasteiger partial charge on any atom is 0.312 e. The van der Waals surface area contributed by atoms with Gasteiger partial charge in [0, 0.05) is 6.07 Å². The minimum atomic E-state index is -0.560. The number of nitrogens with zero attached hydrogens (tertiary/aromatic N) is 1. The quantitative estimate of drug-likeness (QED) is 0.458. The molecular formula is C10H12ClNO5. The van der Waals surface area contributed by atoms with E-state index in [0.717, 1.165) is 0 Å². The van der Waals surface area contributed by atoms with Crippen molar-refractivity contribution in [3.63, 3.8) is 0 Å². The second-order valence-electron chi connectivity index (χ2n) is 3.03. The molecule has 1 aromatic carbocycles. The predicted molar refractivity (Wildman–Crippen MR) is 61.5 cm³/mol. The summed E-state index contributed by atoms with van der Waals surface area (Å²) >= 11 is 5.80. The van der Waals surface area contributed by atoms with Gasteiger partial charge in [-0.3, -0.25) is 10.1 Å². The van der Waals surface area contributed by atoms with Crippen LogP contribution in [0.1, 0.15) is 0 Å². The number of ether oxygens (including phenoxy) is 2. The minimum absolute atomic E-state index is 0.0340. The summed E-state index contributed by atoms with van der Waals surface area (Å²) in [6, 6.07) is 4.31. The molecule has 0 heterocycles. The number of rotatable bonds is 7. The molecule has 17 heavy (non-hydrogen) atoms. The van der Waals surface area contributed by atoms with Crippen molar-refractivity contribution in [2.45, 2.75) is 0 Å². The van der Waals surface area contributed by atoms with Crippen molar-refractivity contribution in [2.75, 3.05) is 26.4 Å². The fourth-order valence-corrected chi connectivity index (χ4v) is 1.38. The molecule has 1 rings (SSSR count). The molecule has 0 amide bonds. The summed E-state index contributed by atoms with van der Waals surface area (Å²) in [6.45, 7) is 0.480. The number of nitro groups is 1.